The third-order valence-corrected chi connectivity index (χ3v) is 4.47. The van der Waals surface area contributed by atoms with Gasteiger partial charge in [-0.3, -0.25) is 0 Å². The summed E-state index contributed by atoms with van der Waals surface area (Å²) in [5.41, 5.74) is 2.66. The molecule has 0 bridgehead atoms. The monoisotopic (exact) mass is 382 g/mol. The van der Waals surface area contributed by atoms with E-state index in [0.717, 1.165) is 22.0 Å². The number of benzene rings is 2. The fraction of sp³-hybridized carbons (Fsp3) is 0.0769. The van der Waals surface area contributed by atoms with Gasteiger partial charge in [0.25, 0.3) is 0 Å². The molecule has 0 fully saturated rings. The summed E-state index contributed by atoms with van der Waals surface area (Å²) >= 11 is 27.8. The Bertz CT molecular complexity index is 596. The molecule has 0 saturated carbocycles. The van der Waals surface area contributed by atoms with Crippen LogP contribution in [0.5, 0.6) is 0 Å². The van der Waals surface area contributed by atoms with Crippen LogP contribution in [-0.4, -0.2) is 0 Å². The van der Waals surface area contributed by atoms with Gasteiger partial charge in [0.15, 0.2) is 0 Å². The van der Waals surface area contributed by atoms with Crippen molar-refractivity contribution in [2.75, 3.05) is 0 Å². The minimum absolute atomic E-state index is 0.416. The Kier molecular flexibility index (Phi) is 4.85. The molecule has 2 aromatic rings. The maximum atomic E-state index is 6.21. The van der Waals surface area contributed by atoms with E-state index in [0.29, 0.717) is 20.1 Å². The molecule has 0 N–H and O–H groups in total. The van der Waals surface area contributed by atoms with Crippen LogP contribution in [0.3, 0.4) is 0 Å². The molecule has 0 spiro atoms. The van der Waals surface area contributed by atoms with Crippen molar-refractivity contribution in [1.82, 2.24) is 0 Å². The molecule has 5 heteroatoms. The van der Waals surface area contributed by atoms with Crippen molar-refractivity contribution in [3.05, 3.63) is 56.0 Å². The highest BCUT2D eigenvalue weighted by atomic mass is 79.9. The average molecular weight is 385 g/mol. The Morgan fingerprint density at radius 1 is 0.833 bits per heavy atom. The molecule has 2 aromatic carbocycles. The summed E-state index contributed by atoms with van der Waals surface area (Å²) < 4.78 is 0. The third kappa shape index (κ3) is 2.97. The third-order valence-electron chi connectivity index (χ3n) is 2.47. The number of alkyl halides is 1. The number of hydrogen-bond acceptors (Lipinski definition) is 0. The lowest BCUT2D eigenvalue weighted by atomic mass is 10.0. The summed E-state index contributed by atoms with van der Waals surface area (Å²) in [5, 5.41) is 2.75. The lowest BCUT2D eigenvalue weighted by Gasteiger charge is -2.10. The first-order valence-corrected chi connectivity index (χ1v) is 7.65. The van der Waals surface area contributed by atoms with Gasteiger partial charge in [-0.1, -0.05) is 68.4 Å². The molecule has 0 radical (unpaired) electrons. The number of halogens is 5. The quantitative estimate of drug-likeness (QED) is 0.391. The first-order valence-electron chi connectivity index (χ1n) is 5.02. The minimum Gasteiger partial charge on any atom is -0.0876 e. The Morgan fingerprint density at radius 3 is 2.22 bits per heavy atom. The molecule has 0 nitrogen and oxygen atoms in total. The van der Waals surface area contributed by atoms with Crippen LogP contribution in [0.1, 0.15) is 5.56 Å². The summed E-state index contributed by atoms with van der Waals surface area (Å²) in [6.45, 7) is 0. The highest BCUT2D eigenvalue weighted by Crippen LogP contribution is 2.39. The number of rotatable bonds is 2. The fourth-order valence-corrected chi connectivity index (χ4v) is 2.89. The predicted octanol–water partition coefficient (Wildman–Crippen LogP) is 6.86. The van der Waals surface area contributed by atoms with E-state index in [2.05, 4.69) is 15.9 Å². The highest BCUT2D eigenvalue weighted by Gasteiger charge is 2.12. The summed E-state index contributed by atoms with van der Waals surface area (Å²) in [7, 11) is 0. The van der Waals surface area contributed by atoms with Crippen molar-refractivity contribution >= 4 is 62.3 Å². The predicted molar refractivity (Wildman–Crippen MR) is 84.5 cm³/mol. The maximum absolute atomic E-state index is 6.21. The summed E-state index contributed by atoms with van der Waals surface area (Å²) in [6.07, 6.45) is 0. The van der Waals surface area contributed by atoms with Gasteiger partial charge in [-0.2, -0.15) is 0 Å². The molecule has 0 amide bonds. The fourth-order valence-electron chi connectivity index (χ4n) is 1.61. The van der Waals surface area contributed by atoms with Crippen LogP contribution in [0.2, 0.25) is 20.1 Å². The molecule has 94 valence electrons. The van der Waals surface area contributed by atoms with Crippen molar-refractivity contribution in [2.45, 2.75) is 5.33 Å². The van der Waals surface area contributed by atoms with Gasteiger partial charge in [0, 0.05) is 26.5 Å². The molecule has 0 unspecified atom stereocenters. The lowest BCUT2D eigenvalue weighted by molar-refractivity contribution is 1.43. The maximum Gasteiger partial charge on any atom is 0.0672 e. The van der Waals surface area contributed by atoms with E-state index in [1.807, 2.05) is 18.2 Å². The van der Waals surface area contributed by atoms with Crippen LogP contribution >= 0.6 is 62.3 Å². The molecule has 0 aliphatic heterocycles. The van der Waals surface area contributed by atoms with Crippen LogP contribution in [0.25, 0.3) is 11.1 Å². The first-order chi connectivity index (χ1) is 8.52. The highest BCUT2D eigenvalue weighted by molar-refractivity contribution is 9.08. The van der Waals surface area contributed by atoms with Gasteiger partial charge in [-0.25, -0.2) is 0 Å². The van der Waals surface area contributed by atoms with Crippen LogP contribution in [0, 0.1) is 0 Å². The molecule has 0 heterocycles. The largest absolute Gasteiger partial charge is 0.0876 e. The van der Waals surface area contributed by atoms with Crippen LogP contribution < -0.4 is 0 Å². The van der Waals surface area contributed by atoms with Crippen molar-refractivity contribution < 1.29 is 0 Å². The van der Waals surface area contributed by atoms with E-state index < -0.39 is 0 Å². The van der Waals surface area contributed by atoms with Crippen molar-refractivity contribution in [3.63, 3.8) is 0 Å². The van der Waals surface area contributed by atoms with E-state index in [1.54, 1.807) is 12.1 Å². The zero-order valence-electron chi connectivity index (χ0n) is 8.98. The number of hydrogen-bond donors (Lipinski definition) is 0. The van der Waals surface area contributed by atoms with E-state index in [4.69, 9.17) is 46.4 Å². The molecule has 0 aliphatic rings. The second-order valence-corrected chi connectivity index (χ2v) is 5.89. The summed E-state index contributed by atoms with van der Waals surface area (Å²) in [4.78, 5) is 0. The Hall–Kier alpha value is 0.0800. The molecule has 18 heavy (non-hydrogen) atoms. The molecule has 0 aliphatic carbocycles. The van der Waals surface area contributed by atoms with E-state index in [-0.39, 0.29) is 0 Å². The van der Waals surface area contributed by atoms with Crippen molar-refractivity contribution in [2.24, 2.45) is 0 Å². The average Bonchev–Trinajstić information content (AvgIpc) is 2.34. The van der Waals surface area contributed by atoms with Gasteiger partial charge in [0.1, 0.15) is 0 Å². The Labute approximate surface area is 134 Å². The SMILES string of the molecule is Clc1cc(Cl)c(Cl)c(-c2cc(CBr)ccc2Cl)c1. The van der Waals surface area contributed by atoms with E-state index in [1.165, 1.54) is 0 Å². The normalized spacial score (nSPS) is 10.7. The van der Waals surface area contributed by atoms with Crippen LogP contribution in [-0.2, 0) is 5.33 Å². The van der Waals surface area contributed by atoms with Gasteiger partial charge in [0.2, 0.25) is 0 Å². The van der Waals surface area contributed by atoms with Gasteiger partial charge >= 0.3 is 0 Å². The zero-order chi connectivity index (χ0) is 13.3. The molecular formula is C13H7BrCl4. The second-order valence-electron chi connectivity index (χ2n) is 3.70. The lowest BCUT2D eigenvalue weighted by Crippen LogP contribution is -1.86. The topological polar surface area (TPSA) is 0 Å². The van der Waals surface area contributed by atoms with Gasteiger partial charge in [-0.05, 0) is 29.8 Å². The van der Waals surface area contributed by atoms with Crippen LogP contribution in [0.15, 0.2) is 30.3 Å². The second kappa shape index (κ2) is 6.02. The first kappa shape index (κ1) is 14.5. The Morgan fingerprint density at radius 2 is 1.56 bits per heavy atom. The van der Waals surface area contributed by atoms with Crippen LogP contribution in [0.4, 0.5) is 0 Å². The van der Waals surface area contributed by atoms with Crippen molar-refractivity contribution in [1.29, 1.82) is 0 Å². The van der Waals surface area contributed by atoms with Crippen molar-refractivity contribution in [3.8, 4) is 11.1 Å². The molecule has 0 aromatic heterocycles. The smallest absolute Gasteiger partial charge is 0.0672 e. The molecule has 2 rings (SSSR count). The molecule has 0 atom stereocenters. The van der Waals surface area contributed by atoms with Gasteiger partial charge in [0.05, 0.1) is 10.0 Å². The minimum atomic E-state index is 0.416. The van der Waals surface area contributed by atoms with Gasteiger partial charge in [-0.15, -0.1) is 0 Å². The molecular weight excluding hydrogens is 378 g/mol. The molecule has 0 saturated heterocycles. The van der Waals surface area contributed by atoms with Gasteiger partial charge < -0.3 is 0 Å². The zero-order valence-corrected chi connectivity index (χ0v) is 13.6. The standard InChI is InChI=1S/C13H7BrCl4/c14-6-7-1-2-11(16)9(3-7)10-4-8(15)5-12(17)13(10)18/h1-5H,6H2. The summed E-state index contributed by atoms with van der Waals surface area (Å²) in [5.74, 6) is 0. The summed E-state index contributed by atoms with van der Waals surface area (Å²) in [6, 6.07) is 9.11. The Balaban J connectivity index is 2.68. The van der Waals surface area contributed by atoms with E-state index >= 15 is 0 Å². The van der Waals surface area contributed by atoms with E-state index in [9.17, 15) is 0 Å².